The predicted octanol–water partition coefficient (Wildman–Crippen LogP) is 2.58. The van der Waals surface area contributed by atoms with E-state index in [0.717, 1.165) is 11.1 Å². The summed E-state index contributed by atoms with van der Waals surface area (Å²) in [6.45, 7) is 4.54. The summed E-state index contributed by atoms with van der Waals surface area (Å²) in [6, 6.07) is 17.2. The zero-order chi connectivity index (χ0) is 17.4. The van der Waals surface area contributed by atoms with Crippen LogP contribution in [0.4, 0.5) is 0 Å². The van der Waals surface area contributed by atoms with Gasteiger partial charge in [0.15, 0.2) is 0 Å². The standard InChI is InChI=1S/C19H21N3O2/c1-14(2)17-10-8-16(9-11-17)13-21-22-19(24)18(23)20-12-15-6-4-3-5-7-15/h3-11,13-14H,12H2,1-2H3,(H,20,23)(H,22,24)/b21-13+. The molecule has 0 saturated carbocycles. The number of carbonyl (C=O) groups excluding carboxylic acids is 2. The molecule has 0 fully saturated rings. The Kier molecular flexibility index (Phi) is 6.25. The maximum atomic E-state index is 11.7. The van der Waals surface area contributed by atoms with Crippen LogP contribution in [-0.4, -0.2) is 18.0 Å². The summed E-state index contributed by atoms with van der Waals surface area (Å²) >= 11 is 0. The average Bonchev–Trinajstić information content (AvgIpc) is 2.61. The fourth-order valence-corrected chi connectivity index (χ4v) is 2.04. The second kappa shape index (κ2) is 8.62. The van der Waals surface area contributed by atoms with E-state index < -0.39 is 11.8 Å². The van der Waals surface area contributed by atoms with Crippen LogP contribution in [0.1, 0.15) is 36.5 Å². The number of hydrazone groups is 1. The van der Waals surface area contributed by atoms with Crippen molar-refractivity contribution >= 4 is 18.0 Å². The number of hydrogen-bond donors (Lipinski definition) is 2. The molecule has 0 atom stereocenters. The Hall–Kier alpha value is -2.95. The van der Waals surface area contributed by atoms with Crippen LogP contribution in [0.2, 0.25) is 0 Å². The zero-order valence-electron chi connectivity index (χ0n) is 13.8. The Balaban J connectivity index is 1.80. The molecule has 0 aromatic heterocycles. The second-order valence-corrected chi connectivity index (χ2v) is 5.69. The second-order valence-electron chi connectivity index (χ2n) is 5.69. The number of nitrogens with one attached hydrogen (secondary N) is 2. The highest BCUT2D eigenvalue weighted by Crippen LogP contribution is 2.13. The smallest absolute Gasteiger partial charge is 0.329 e. The number of carbonyl (C=O) groups is 2. The molecule has 2 amide bonds. The lowest BCUT2D eigenvalue weighted by Gasteiger charge is -2.05. The van der Waals surface area contributed by atoms with Gasteiger partial charge >= 0.3 is 11.8 Å². The van der Waals surface area contributed by atoms with Crippen molar-refractivity contribution in [3.8, 4) is 0 Å². The first-order valence-electron chi connectivity index (χ1n) is 7.81. The number of benzene rings is 2. The average molecular weight is 323 g/mol. The van der Waals surface area contributed by atoms with Crippen LogP contribution >= 0.6 is 0 Å². The van der Waals surface area contributed by atoms with Crippen LogP contribution in [0, 0.1) is 0 Å². The molecular weight excluding hydrogens is 302 g/mol. The minimum atomic E-state index is -0.791. The molecule has 0 aliphatic rings. The lowest BCUT2D eigenvalue weighted by atomic mass is 10.0. The van der Waals surface area contributed by atoms with Gasteiger partial charge in [0.2, 0.25) is 0 Å². The Labute approximate surface area is 141 Å². The van der Waals surface area contributed by atoms with Crippen molar-refractivity contribution in [2.24, 2.45) is 5.10 Å². The van der Waals surface area contributed by atoms with Crippen LogP contribution < -0.4 is 10.7 Å². The number of hydrogen-bond acceptors (Lipinski definition) is 3. The summed E-state index contributed by atoms with van der Waals surface area (Å²) in [5, 5.41) is 6.35. The normalized spacial score (nSPS) is 10.8. The monoisotopic (exact) mass is 323 g/mol. The van der Waals surface area contributed by atoms with Crippen LogP contribution in [0.3, 0.4) is 0 Å². The molecule has 124 valence electrons. The molecule has 24 heavy (non-hydrogen) atoms. The lowest BCUT2D eigenvalue weighted by molar-refractivity contribution is -0.139. The molecule has 0 saturated heterocycles. The molecule has 5 heteroatoms. The first-order valence-corrected chi connectivity index (χ1v) is 7.81. The van der Waals surface area contributed by atoms with Crippen LogP contribution in [-0.2, 0) is 16.1 Å². The van der Waals surface area contributed by atoms with Gasteiger partial charge in [0, 0.05) is 6.54 Å². The third kappa shape index (κ3) is 5.35. The Bertz CT molecular complexity index is 707. The van der Waals surface area contributed by atoms with Crippen LogP contribution in [0.15, 0.2) is 59.7 Å². The van der Waals surface area contributed by atoms with Gasteiger partial charge in [-0.2, -0.15) is 5.10 Å². The highest BCUT2D eigenvalue weighted by atomic mass is 16.2. The summed E-state index contributed by atoms with van der Waals surface area (Å²) in [5.41, 5.74) is 5.23. The highest BCUT2D eigenvalue weighted by molar-refractivity contribution is 6.35. The summed E-state index contributed by atoms with van der Waals surface area (Å²) in [7, 11) is 0. The Morgan fingerprint density at radius 2 is 1.67 bits per heavy atom. The van der Waals surface area contributed by atoms with E-state index in [1.165, 1.54) is 11.8 Å². The van der Waals surface area contributed by atoms with Gasteiger partial charge in [-0.15, -0.1) is 0 Å². The Morgan fingerprint density at radius 3 is 2.29 bits per heavy atom. The van der Waals surface area contributed by atoms with E-state index in [1.54, 1.807) is 0 Å². The van der Waals surface area contributed by atoms with Gasteiger partial charge in [-0.3, -0.25) is 9.59 Å². The van der Waals surface area contributed by atoms with E-state index in [1.807, 2.05) is 54.6 Å². The van der Waals surface area contributed by atoms with Crippen molar-refractivity contribution in [2.45, 2.75) is 26.3 Å². The third-order valence-electron chi connectivity index (χ3n) is 3.48. The maximum Gasteiger partial charge on any atom is 0.329 e. The minimum absolute atomic E-state index is 0.299. The van der Waals surface area contributed by atoms with E-state index >= 15 is 0 Å². The van der Waals surface area contributed by atoms with Crippen LogP contribution in [0.25, 0.3) is 0 Å². The molecule has 0 aliphatic heterocycles. The molecular formula is C19H21N3O2. The van der Waals surface area contributed by atoms with Gasteiger partial charge in [0.05, 0.1) is 6.21 Å². The van der Waals surface area contributed by atoms with E-state index in [0.29, 0.717) is 12.5 Å². The first kappa shape index (κ1) is 17.4. The summed E-state index contributed by atoms with van der Waals surface area (Å²) in [5.74, 6) is -1.05. The van der Waals surface area contributed by atoms with Gasteiger partial charge in [-0.1, -0.05) is 68.4 Å². The molecule has 2 N–H and O–H groups in total. The summed E-state index contributed by atoms with van der Waals surface area (Å²) in [6.07, 6.45) is 1.51. The molecule has 0 bridgehead atoms. The molecule has 5 nitrogen and oxygen atoms in total. The van der Waals surface area contributed by atoms with Crippen molar-refractivity contribution in [3.63, 3.8) is 0 Å². The topological polar surface area (TPSA) is 70.6 Å². The van der Waals surface area contributed by atoms with E-state index in [2.05, 4.69) is 29.7 Å². The molecule has 2 aromatic carbocycles. The maximum absolute atomic E-state index is 11.7. The molecule has 2 rings (SSSR count). The number of nitrogens with zero attached hydrogens (tertiary/aromatic N) is 1. The number of rotatable bonds is 5. The van der Waals surface area contributed by atoms with Gasteiger partial charge in [0.1, 0.15) is 0 Å². The van der Waals surface area contributed by atoms with E-state index in [9.17, 15) is 9.59 Å². The van der Waals surface area contributed by atoms with E-state index in [-0.39, 0.29) is 0 Å². The zero-order valence-corrected chi connectivity index (χ0v) is 13.8. The van der Waals surface area contributed by atoms with Gasteiger partial charge in [0.25, 0.3) is 0 Å². The highest BCUT2D eigenvalue weighted by Gasteiger charge is 2.11. The van der Waals surface area contributed by atoms with Gasteiger partial charge in [-0.25, -0.2) is 5.43 Å². The van der Waals surface area contributed by atoms with Crippen molar-refractivity contribution in [2.75, 3.05) is 0 Å². The van der Waals surface area contributed by atoms with Crippen molar-refractivity contribution in [1.29, 1.82) is 0 Å². The van der Waals surface area contributed by atoms with E-state index in [4.69, 9.17) is 0 Å². The largest absolute Gasteiger partial charge is 0.344 e. The lowest BCUT2D eigenvalue weighted by Crippen LogP contribution is -2.37. The SMILES string of the molecule is CC(C)c1ccc(/C=N/NC(=O)C(=O)NCc2ccccc2)cc1. The molecule has 0 spiro atoms. The van der Waals surface area contributed by atoms with Crippen molar-refractivity contribution in [1.82, 2.24) is 10.7 Å². The summed E-state index contributed by atoms with van der Waals surface area (Å²) in [4.78, 5) is 23.3. The van der Waals surface area contributed by atoms with Gasteiger partial charge in [-0.05, 0) is 22.6 Å². The molecule has 2 aromatic rings. The van der Waals surface area contributed by atoms with Crippen molar-refractivity contribution in [3.05, 3.63) is 71.3 Å². The quantitative estimate of drug-likeness (QED) is 0.504. The molecule has 0 aliphatic carbocycles. The van der Waals surface area contributed by atoms with Crippen LogP contribution in [0.5, 0.6) is 0 Å². The summed E-state index contributed by atoms with van der Waals surface area (Å²) < 4.78 is 0. The first-order chi connectivity index (χ1) is 11.6. The predicted molar refractivity (Wildman–Crippen MR) is 94.6 cm³/mol. The minimum Gasteiger partial charge on any atom is -0.344 e. The van der Waals surface area contributed by atoms with Crippen molar-refractivity contribution < 1.29 is 9.59 Å². The number of amides is 2. The molecule has 0 radical (unpaired) electrons. The fourth-order valence-electron chi connectivity index (χ4n) is 2.04. The Morgan fingerprint density at radius 1 is 1.00 bits per heavy atom. The molecule has 0 heterocycles. The third-order valence-corrected chi connectivity index (χ3v) is 3.48. The molecule has 0 unspecified atom stereocenters. The fraction of sp³-hybridized carbons (Fsp3) is 0.211. The van der Waals surface area contributed by atoms with Gasteiger partial charge < -0.3 is 5.32 Å².